The van der Waals surface area contributed by atoms with Gasteiger partial charge < -0.3 is 4.90 Å². The van der Waals surface area contributed by atoms with Gasteiger partial charge in [-0.05, 0) is 26.1 Å². The summed E-state index contributed by atoms with van der Waals surface area (Å²) in [6.45, 7) is 7.69. The molecule has 0 aliphatic heterocycles. The molecule has 4 heteroatoms. The monoisotopic (exact) mass is 340 g/mol. The second-order valence-corrected chi connectivity index (χ2v) is 6.69. The second-order valence-electron chi connectivity index (χ2n) is 5.84. The molecule has 20 heavy (non-hydrogen) atoms. The SMILES string of the molecule is CC(C)CN(CCN(C)C)CC(=O)c1ccccc1Br. The first kappa shape index (κ1) is 17.3. The van der Waals surface area contributed by atoms with Crippen LogP contribution in [0, 0.1) is 5.92 Å². The summed E-state index contributed by atoms with van der Waals surface area (Å²) in [4.78, 5) is 16.8. The molecule has 0 spiro atoms. The Bertz CT molecular complexity index is 432. The minimum Gasteiger partial charge on any atom is -0.308 e. The van der Waals surface area contributed by atoms with Crippen LogP contribution in [0.4, 0.5) is 0 Å². The minimum atomic E-state index is 0.178. The maximum Gasteiger partial charge on any atom is 0.177 e. The Balaban J connectivity index is 2.68. The van der Waals surface area contributed by atoms with Gasteiger partial charge >= 0.3 is 0 Å². The molecule has 0 unspecified atom stereocenters. The third-order valence-corrected chi connectivity index (χ3v) is 3.72. The lowest BCUT2D eigenvalue weighted by atomic mass is 10.1. The Morgan fingerprint density at radius 2 is 1.85 bits per heavy atom. The Labute approximate surface area is 131 Å². The van der Waals surface area contributed by atoms with Crippen molar-refractivity contribution in [3.63, 3.8) is 0 Å². The molecule has 3 nitrogen and oxygen atoms in total. The molecule has 0 amide bonds. The van der Waals surface area contributed by atoms with Crippen molar-refractivity contribution in [3.8, 4) is 0 Å². The molecule has 0 fully saturated rings. The van der Waals surface area contributed by atoms with Crippen molar-refractivity contribution in [1.82, 2.24) is 9.80 Å². The number of carbonyl (C=O) groups is 1. The molecule has 112 valence electrons. The third kappa shape index (κ3) is 6.16. The molecule has 0 saturated heterocycles. The molecule has 0 N–H and O–H groups in total. The highest BCUT2D eigenvalue weighted by molar-refractivity contribution is 9.10. The normalized spacial score (nSPS) is 11.6. The number of hydrogen-bond donors (Lipinski definition) is 0. The van der Waals surface area contributed by atoms with Gasteiger partial charge in [0.1, 0.15) is 0 Å². The molecule has 0 atom stereocenters. The average Bonchev–Trinajstić information content (AvgIpc) is 2.35. The zero-order valence-corrected chi connectivity index (χ0v) is 14.5. The maximum absolute atomic E-state index is 12.4. The van der Waals surface area contributed by atoms with Crippen LogP contribution in [0.2, 0.25) is 0 Å². The van der Waals surface area contributed by atoms with Crippen LogP contribution in [0.1, 0.15) is 24.2 Å². The van der Waals surface area contributed by atoms with E-state index in [2.05, 4.69) is 53.7 Å². The lowest BCUT2D eigenvalue weighted by molar-refractivity contribution is 0.0915. The largest absolute Gasteiger partial charge is 0.308 e. The van der Waals surface area contributed by atoms with E-state index in [0.29, 0.717) is 12.5 Å². The van der Waals surface area contributed by atoms with Gasteiger partial charge in [0.05, 0.1) is 6.54 Å². The molecular weight excluding hydrogens is 316 g/mol. The minimum absolute atomic E-state index is 0.178. The average molecular weight is 341 g/mol. The first-order chi connectivity index (χ1) is 9.40. The van der Waals surface area contributed by atoms with Gasteiger partial charge in [-0.25, -0.2) is 0 Å². The van der Waals surface area contributed by atoms with Crippen LogP contribution in [0.25, 0.3) is 0 Å². The number of hydrogen-bond acceptors (Lipinski definition) is 3. The van der Waals surface area contributed by atoms with Crippen LogP contribution >= 0.6 is 15.9 Å². The number of ketones is 1. The molecular formula is C16H25BrN2O. The third-order valence-electron chi connectivity index (χ3n) is 3.03. The van der Waals surface area contributed by atoms with Gasteiger partial charge in [0.25, 0.3) is 0 Å². The summed E-state index contributed by atoms with van der Waals surface area (Å²) in [5.74, 6) is 0.737. The lowest BCUT2D eigenvalue weighted by Gasteiger charge is -2.25. The topological polar surface area (TPSA) is 23.6 Å². The number of halogens is 1. The molecule has 1 rings (SSSR count). The van der Waals surface area contributed by atoms with Gasteiger partial charge in [-0.15, -0.1) is 0 Å². The molecule has 0 heterocycles. The number of carbonyl (C=O) groups excluding carboxylic acids is 1. The van der Waals surface area contributed by atoms with Crippen LogP contribution in [0.15, 0.2) is 28.7 Å². The van der Waals surface area contributed by atoms with Crippen LogP contribution in [0.5, 0.6) is 0 Å². The number of Topliss-reactive ketones (excluding diaryl/α,β-unsaturated/α-hetero) is 1. The Hall–Kier alpha value is -0.710. The Kier molecular flexibility index (Phi) is 7.41. The zero-order chi connectivity index (χ0) is 15.1. The Morgan fingerprint density at radius 1 is 1.20 bits per heavy atom. The van der Waals surface area contributed by atoms with E-state index < -0.39 is 0 Å². The maximum atomic E-state index is 12.4. The van der Waals surface area contributed by atoms with Crippen molar-refractivity contribution in [2.75, 3.05) is 40.3 Å². The van der Waals surface area contributed by atoms with E-state index in [-0.39, 0.29) is 5.78 Å². The van der Waals surface area contributed by atoms with E-state index in [9.17, 15) is 4.79 Å². The molecule has 1 aromatic carbocycles. The highest BCUT2D eigenvalue weighted by Crippen LogP contribution is 2.17. The highest BCUT2D eigenvalue weighted by Gasteiger charge is 2.15. The number of nitrogens with zero attached hydrogens (tertiary/aromatic N) is 2. The molecule has 0 radical (unpaired) electrons. The first-order valence-electron chi connectivity index (χ1n) is 7.05. The standard InChI is InChI=1S/C16H25BrN2O/c1-13(2)11-19(10-9-18(3)4)12-16(20)14-7-5-6-8-15(14)17/h5-8,13H,9-12H2,1-4H3. The summed E-state index contributed by atoms with van der Waals surface area (Å²) in [6, 6.07) is 7.63. The second kappa shape index (κ2) is 8.55. The van der Waals surface area contributed by atoms with Crippen molar-refractivity contribution in [2.24, 2.45) is 5.92 Å². The van der Waals surface area contributed by atoms with Gasteiger partial charge in [0.15, 0.2) is 5.78 Å². The van der Waals surface area contributed by atoms with Crippen molar-refractivity contribution in [3.05, 3.63) is 34.3 Å². The van der Waals surface area contributed by atoms with Crippen LogP contribution < -0.4 is 0 Å². The van der Waals surface area contributed by atoms with Gasteiger partial charge in [-0.2, -0.15) is 0 Å². The van der Waals surface area contributed by atoms with Gasteiger partial charge in [0.2, 0.25) is 0 Å². The van der Waals surface area contributed by atoms with Crippen molar-refractivity contribution in [2.45, 2.75) is 13.8 Å². The smallest absolute Gasteiger partial charge is 0.177 e. The first-order valence-corrected chi connectivity index (χ1v) is 7.84. The van der Waals surface area contributed by atoms with Gasteiger partial charge in [-0.1, -0.05) is 48.0 Å². The predicted molar refractivity (Wildman–Crippen MR) is 88.3 cm³/mol. The fourth-order valence-electron chi connectivity index (χ4n) is 2.07. The fraction of sp³-hybridized carbons (Fsp3) is 0.562. The van der Waals surface area contributed by atoms with E-state index in [0.717, 1.165) is 29.7 Å². The summed E-state index contributed by atoms with van der Waals surface area (Å²) in [5.41, 5.74) is 0.770. The molecule has 0 aliphatic carbocycles. The van der Waals surface area contributed by atoms with E-state index in [4.69, 9.17) is 0 Å². The highest BCUT2D eigenvalue weighted by atomic mass is 79.9. The van der Waals surface area contributed by atoms with Crippen LogP contribution in [-0.2, 0) is 0 Å². The summed E-state index contributed by atoms with van der Waals surface area (Å²) in [6.07, 6.45) is 0. The lowest BCUT2D eigenvalue weighted by Crippen LogP contribution is -2.38. The predicted octanol–water partition coefficient (Wildman–Crippen LogP) is 3.15. The van der Waals surface area contributed by atoms with E-state index >= 15 is 0 Å². The number of likely N-dealkylation sites (N-methyl/N-ethyl adjacent to an activating group) is 1. The molecule has 1 aromatic rings. The van der Waals surface area contributed by atoms with E-state index in [1.807, 2.05) is 24.3 Å². The number of benzene rings is 1. The zero-order valence-electron chi connectivity index (χ0n) is 12.9. The molecule has 0 aliphatic rings. The molecule has 0 aromatic heterocycles. The molecule has 0 bridgehead atoms. The quantitative estimate of drug-likeness (QED) is 0.679. The summed E-state index contributed by atoms with van der Waals surface area (Å²) < 4.78 is 0.877. The van der Waals surface area contributed by atoms with Gasteiger partial charge in [0, 0.05) is 29.7 Å². The van der Waals surface area contributed by atoms with E-state index in [1.165, 1.54) is 0 Å². The van der Waals surface area contributed by atoms with Crippen LogP contribution in [-0.4, -0.2) is 55.9 Å². The summed E-state index contributed by atoms with van der Waals surface area (Å²) in [7, 11) is 4.12. The van der Waals surface area contributed by atoms with Crippen molar-refractivity contribution in [1.29, 1.82) is 0 Å². The van der Waals surface area contributed by atoms with Crippen molar-refractivity contribution < 1.29 is 4.79 Å². The summed E-state index contributed by atoms with van der Waals surface area (Å²) in [5, 5.41) is 0. The van der Waals surface area contributed by atoms with E-state index in [1.54, 1.807) is 0 Å². The Morgan fingerprint density at radius 3 is 2.40 bits per heavy atom. The van der Waals surface area contributed by atoms with Gasteiger partial charge in [-0.3, -0.25) is 9.69 Å². The molecule has 0 saturated carbocycles. The fourth-order valence-corrected chi connectivity index (χ4v) is 2.57. The van der Waals surface area contributed by atoms with Crippen LogP contribution in [0.3, 0.4) is 0 Å². The van der Waals surface area contributed by atoms with Crippen molar-refractivity contribution >= 4 is 21.7 Å². The summed E-state index contributed by atoms with van der Waals surface area (Å²) >= 11 is 3.45. The number of rotatable bonds is 8.